The van der Waals surface area contributed by atoms with Crippen LogP contribution in [0.5, 0.6) is 0 Å². The first-order valence-corrected chi connectivity index (χ1v) is 8.81. The number of anilines is 1. The second kappa shape index (κ2) is 7.04. The van der Waals surface area contributed by atoms with E-state index < -0.39 is 5.41 Å². The molecule has 0 radical (unpaired) electrons. The molecule has 2 aromatic rings. The van der Waals surface area contributed by atoms with Gasteiger partial charge in [0, 0.05) is 36.9 Å². The normalized spacial score (nSPS) is 15.4. The van der Waals surface area contributed by atoms with E-state index in [9.17, 15) is 9.18 Å². The average Bonchev–Trinajstić information content (AvgIpc) is 2.61. The van der Waals surface area contributed by atoms with Crippen LogP contribution in [-0.4, -0.2) is 37.0 Å². The first-order valence-electron chi connectivity index (χ1n) is 8.44. The minimum atomic E-state index is -0.675. The number of halogens is 2. The number of hydrogen-bond donors (Lipinski definition) is 0. The lowest BCUT2D eigenvalue weighted by Gasteiger charge is -2.39. The van der Waals surface area contributed by atoms with Crippen molar-refractivity contribution in [3.8, 4) is 0 Å². The van der Waals surface area contributed by atoms with Gasteiger partial charge >= 0.3 is 0 Å². The van der Waals surface area contributed by atoms with E-state index in [2.05, 4.69) is 4.90 Å². The third kappa shape index (κ3) is 3.79. The van der Waals surface area contributed by atoms with Crippen molar-refractivity contribution in [2.75, 3.05) is 31.1 Å². The molecule has 1 saturated heterocycles. The van der Waals surface area contributed by atoms with Crippen LogP contribution in [-0.2, 0) is 10.2 Å². The molecule has 0 saturated carbocycles. The molecule has 0 aliphatic carbocycles. The summed E-state index contributed by atoms with van der Waals surface area (Å²) in [6, 6.07) is 14.0. The molecule has 1 aliphatic rings. The fourth-order valence-corrected chi connectivity index (χ4v) is 3.41. The Balaban J connectivity index is 1.67. The summed E-state index contributed by atoms with van der Waals surface area (Å²) in [6.45, 7) is 6.65. The van der Waals surface area contributed by atoms with Gasteiger partial charge in [-0.15, -0.1) is 0 Å². The minimum absolute atomic E-state index is 0.0739. The summed E-state index contributed by atoms with van der Waals surface area (Å²) in [6.07, 6.45) is 0. The van der Waals surface area contributed by atoms with E-state index in [0.717, 1.165) is 24.3 Å². The van der Waals surface area contributed by atoms with Gasteiger partial charge in [0.1, 0.15) is 5.82 Å². The fraction of sp³-hybridized carbons (Fsp3) is 0.350. The zero-order chi connectivity index (χ0) is 18.0. The number of nitrogens with zero attached hydrogens (tertiary/aromatic N) is 2. The maximum Gasteiger partial charge on any atom is 0.232 e. The van der Waals surface area contributed by atoms with Gasteiger partial charge < -0.3 is 9.80 Å². The highest BCUT2D eigenvalue weighted by atomic mass is 35.5. The van der Waals surface area contributed by atoms with Crippen LogP contribution in [0.15, 0.2) is 48.5 Å². The van der Waals surface area contributed by atoms with E-state index in [1.54, 1.807) is 12.1 Å². The van der Waals surface area contributed by atoms with Crippen molar-refractivity contribution in [2.24, 2.45) is 0 Å². The van der Waals surface area contributed by atoms with Crippen molar-refractivity contribution < 1.29 is 9.18 Å². The molecule has 0 unspecified atom stereocenters. The van der Waals surface area contributed by atoms with E-state index in [1.165, 1.54) is 12.1 Å². The van der Waals surface area contributed by atoms with Crippen LogP contribution in [0.2, 0.25) is 5.02 Å². The Kier molecular flexibility index (Phi) is 5.00. The summed E-state index contributed by atoms with van der Waals surface area (Å²) < 4.78 is 13.2. The highest BCUT2D eigenvalue weighted by Gasteiger charge is 2.35. The molecule has 0 spiro atoms. The lowest BCUT2D eigenvalue weighted by atomic mass is 9.83. The predicted octanol–water partition coefficient (Wildman–Crippen LogP) is 4.11. The van der Waals surface area contributed by atoms with Crippen molar-refractivity contribution in [1.29, 1.82) is 0 Å². The van der Waals surface area contributed by atoms with Gasteiger partial charge in [0.15, 0.2) is 0 Å². The smallest absolute Gasteiger partial charge is 0.232 e. The summed E-state index contributed by atoms with van der Waals surface area (Å²) >= 11 is 6.06. The summed E-state index contributed by atoms with van der Waals surface area (Å²) in [7, 11) is 0. The summed E-state index contributed by atoms with van der Waals surface area (Å²) in [5.74, 6) is -0.216. The highest BCUT2D eigenvalue weighted by molar-refractivity contribution is 6.30. The molecule has 0 N–H and O–H groups in total. The quantitative estimate of drug-likeness (QED) is 0.822. The molecule has 1 fully saturated rings. The Morgan fingerprint density at radius 3 is 2.28 bits per heavy atom. The zero-order valence-corrected chi connectivity index (χ0v) is 15.3. The van der Waals surface area contributed by atoms with Gasteiger partial charge in [-0.05, 0) is 49.7 Å². The topological polar surface area (TPSA) is 23.6 Å². The molecular weight excluding hydrogens is 339 g/mol. The number of amides is 1. The Labute approximate surface area is 153 Å². The van der Waals surface area contributed by atoms with E-state index in [-0.39, 0.29) is 11.7 Å². The van der Waals surface area contributed by atoms with E-state index in [1.807, 2.05) is 43.0 Å². The van der Waals surface area contributed by atoms with Crippen molar-refractivity contribution in [2.45, 2.75) is 19.3 Å². The molecule has 3 nitrogen and oxygen atoms in total. The molecule has 0 bridgehead atoms. The first-order chi connectivity index (χ1) is 11.9. The van der Waals surface area contributed by atoms with Gasteiger partial charge in [-0.2, -0.15) is 0 Å². The number of benzene rings is 2. The summed E-state index contributed by atoms with van der Waals surface area (Å²) in [5, 5.41) is 0.716. The summed E-state index contributed by atoms with van der Waals surface area (Å²) in [4.78, 5) is 17.1. The molecular formula is C20H22ClFN2O. The van der Waals surface area contributed by atoms with Gasteiger partial charge in [-0.3, -0.25) is 4.79 Å². The van der Waals surface area contributed by atoms with Gasteiger partial charge in [-0.1, -0.05) is 29.8 Å². The van der Waals surface area contributed by atoms with Crippen LogP contribution >= 0.6 is 11.6 Å². The van der Waals surface area contributed by atoms with Crippen molar-refractivity contribution >= 4 is 23.2 Å². The number of carbonyl (C=O) groups is 1. The molecule has 5 heteroatoms. The molecule has 3 rings (SSSR count). The third-order valence-corrected chi connectivity index (χ3v) is 5.08. The highest BCUT2D eigenvalue weighted by Crippen LogP contribution is 2.27. The van der Waals surface area contributed by atoms with Crippen LogP contribution < -0.4 is 4.90 Å². The number of rotatable bonds is 3. The molecule has 1 aliphatic heterocycles. The van der Waals surface area contributed by atoms with Gasteiger partial charge in [0.2, 0.25) is 5.91 Å². The number of piperazine rings is 1. The molecule has 0 atom stereocenters. The maximum absolute atomic E-state index is 13.2. The Morgan fingerprint density at radius 2 is 1.68 bits per heavy atom. The van der Waals surface area contributed by atoms with Crippen molar-refractivity contribution in [3.63, 3.8) is 0 Å². The van der Waals surface area contributed by atoms with Gasteiger partial charge in [0.25, 0.3) is 0 Å². The molecule has 1 amide bonds. The minimum Gasteiger partial charge on any atom is -0.368 e. The maximum atomic E-state index is 13.2. The van der Waals surface area contributed by atoms with Crippen molar-refractivity contribution in [1.82, 2.24) is 4.90 Å². The Morgan fingerprint density at radius 1 is 1.04 bits per heavy atom. The Bertz CT molecular complexity index is 753. The van der Waals surface area contributed by atoms with Crippen LogP contribution in [0.3, 0.4) is 0 Å². The number of hydrogen-bond acceptors (Lipinski definition) is 2. The third-order valence-electron chi connectivity index (χ3n) is 4.84. The zero-order valence-electron chi connectivity index (χ0n) is 14.5. The lowest BCUT2D eigenvalue weighted by Crippen LogP contribution is -2.53. The van der Waals surface area contributed by atoms with Crippen LogP contribution in [0, 0.1) is 5.82 Å². The average molecular weight is 361 g/mol. The molecule has 1 heterocycles. The van der Waals surface area contributed by atoms with E-state index in [0.29, 0.717) is 18.1 Å². The predicted molar refractivity (Wildman–Crippen MR) is 99.7 cm³/mol. The van der Waals surface area contributed by atoms with Crippen molar-refractivity contribution in [3.05, 3.63) is 64.9 Å². The standard InChI is InChI=1S/C20H22ClFN2O/c1-20(2,15-6-8-17(22)9-7-15)19(25)24-12-10-23(11-13-24)18-5-3-4-16(21)14-18/h3-9,14H,10-13H2,1-2H3. The largest absolute Gasteiger partial charge is 0.368 e. The second-order valence-electron chi connectivity index (χ2n) is 6.89. The molecule has 0 aromatic heterocycles. The van der Waals surface area contributed by atoms with Crippen LogP contribution in [0.1, 0.15) is 19.4 Å². The van der Waals surface area contributed by atoms with E-state index >= 15 is 0 Å². The van der Waals surface area contributed by atoms with Crippen LogP contribution in [0.25, 0.3) is 0 Å². The molecule has 132 valence electrons. The Hall–Kier alpha value is -2.07. The SMILES string of the molecule is CC(C)(C(=O)N1CCN(c2cccc(Cl)c2)CC1)c1ccc(F)cc1. The second-order valence-corrected chi connectivity index (χ2v) is 7.33. The fourth-order valence-electron chi connectivity index (χ4n) is 3.23. The monoisotopic (exact) mass is 360 g/mol. The first kappa shape index (κ1) is 17.7. The van der Waals surface area contributed by atoms with Gasteiger partial charge in [-0.25, -0.2) is 4.39 Å². The summed E-state index contributed by atoms with van der Waals surface area (Å²) in [5.41, 5.74) is 1.24. The van der Waals surface area contributed by atoms with Gasteiger partial charge in [0.05, 0.1) is 5.41 Å². The number of carbonyl (C=O) groups excluding carboxylic acids is 1. The van der Waals surface area contributed by atoms with Crippen LogP contribution in [0.4, 0.5) is 10.1 Å². The molecule has 25 heavy (non-hydrogen) atoms. The molecule has 2 aromatic carbocycles. The van der Waals surface area contributed by atoms with E-state index in [4.69, 9.17) is 11.6 Å². The lowest BCUT2D eigenvalue weighted by molar-refractivity contribution is -0.136.